The molecule has 3 N–H and O–H groups in total. The summed E-state index contributed by atoms with van der Waals surface area (Å²) in [6.07, 6.45) is 0.145. The molecule has 8 heteroatoms. The highest BCUT2D eigenvalue weighted by molar-refractivity contribution is 7.59. The lowest BCUT2D eigenvalue weighted by atomic mass is 10.2. The minimum atomic E-state index is -0.774. The van der Waals surface area contributed by atoms with Crippen LogP contribution in [0.4, 0.5) is 4.79 Å². The zero-order chi connectivity index (χ0) is 14.9. The summed E-state index contributed by atoms with van der Waals surface area (Å²) < 4.78 is 14.7. The molecule has 7 nitrogen and oxygen atoms in total. The number of amides is 1. The zero-order valence-electron chi connectivity index (χ0n) is 12.5. The average Bonchev–Trinajstić information content (AvgIpc) is 2.29. The topological polar surface area (TPSA) is 99.9 Å². The molecule has 20 heavy (non-hydrogen) atoms. The van der Waals surface area contributed by atoms with Gasteiger partial charge in [-0.2, -0.15) is 13.5 Å². The quantitative estimate of drug-likeness (QED) is 0.525. The monoisotopic (exact) mass is 310 g/mol. The summed E-state index contributed by atoms with van der Waals surface area (Å²) >= 11 is 0. The Morgan fingerprint density at radius 3 is 2.40 bits per heavy atom. The van der Waals surface area contributed by atoms with E-state index < -0.39 is 23.7 Å². The molecule has 0 aliphatic rings. The van der Waals surface area contributed by atoms with Crippen LogP contribution in [0, 0.1) is 0 Å². The number of esters is 1. The van der Waals surface area contributed by atoms with E-state index in [-0.39, 0.29) is 20.1 Å². The summed E-state index contributed by atoms with van der Waals surface area (Å²) in [4.78, 5) is 22.2. The van der Waals surface area contributed by atoms with Crippen molar-refractivity contribution in [2.45, 2.75) is 38.8 Å². The van der Waals surface area contributed by atoms with Gasteiger partial charge in [-0.25, -0.2) is 4.79 Å². The minimum Gasteiger partial charge on any atom is -0.468 e. The molecule has 0 saturated heterocycles. The summed E-state index contributed by atoms with van der Waals surface area (Å²) in [5, 5.41) is 2.60. The number of alkyl carbamates (subject to hydrolysis) is 1. The largest absolute Gasteiger partial charge is 0.468 e. The van der Waals surface area contributed by atoms with Gasteiger partial charge in [0, 0.05) is 13.2 Å². The van der Waals surface area contributed by atoms with E-state index in [0.29, 0.717) is 19.6 Å². The number of ether oxygens (including phenoxy) is 3. The summed E-state index contributed by atoms with van der Waals surface area (Å²) in [6, 6.07) is -0.774. The van der Waals surface area contributed by atoms with Crippen molar-refractivity contribution in [1.82, 2.24) is 5.32 Å². The van der Waals surface area contributed by atoms with Gasteiger partial charge >= 0.3 is 12.1 Å². The molecule has 0 saturated carbocycles. The molecule has 0 aromatic rings. The maximum absolute atomic E-state index is 11.3. The molecule has 0 heterocycles. The molecule has 0 rings (SSSR count). The van der Waals surface area contributed by atoms with Crippen LogP contribution in [-0.2, 0) is 19.0 Å². The number of rotatable bonds is 7. The van der Waals surface area contributed by atoms with Crippen molar-refractivity contribution in [3.63, 3.8) is 0 Å². The fourth-order valence-corrected chi connectivity index (χ4v) is 1.11. The normalized spacial score (nSPS) is 12.1. The number of hydrogen-bond acceptors (Lipinski definition) is 6. The summed E-state index contributed by atoms with van der Waals surface area (Å²) in [5.41, 5.74) is 4.96. The van der Waals surface area contributed by atoms with Gasteiger partial charge in [0.25, 0.3) is 0 Å². The van der Waals surface area contributed by atoms with Crippen molar-refractivity contribution in [2.24, 2.45) is 5.73 Å². The van der Waals surface area contributed by atoms with E-state index in [0.717, 1.165) is 0 Å². The Morgan fingerprint density at radius 2 is 1.90 bits per heavy atom. The summed E-state index contributed by atoms with van der Waals surface area (Å²) in [7, 11) is 1.27. The zero-order valence-corrected chi connectivity index (χ0v) is 13.5. The van der Waals surface area contributed by atoms with E-state index in [2.05, 4.69) is 10.1 Å². The molecule has 120 valence electrons. The van der Waals surface area contributed by atoms with Crippen molar-refractivity contribution in [3.05, 3.63) is 0 Å². The molecule has 0 bridgehead atoms. The van der Waals surface area contributed by atoms with Crippen LogP contribution in [0.25, 0.3) is 0 Å². The van der Waals surface area contributed by atoms with Gasteiger partial charge in [-0.05, 0) is 27.2 Å². The SMILES string of the molecule is COC(=O)[C@@H](N)COCCCNC(=O)OC(C)(C)C.S. The van der Waals surface area contributed by atoms with Gasteiger partial charge in [-0.3, -0.25) is 4.79 Å². The third kappa shape index (κ3) is 12.1. The van der Waals surface area contributed by atoms with E-state index in [1.807, 2.05) is 0 Å². The molecule has 0 spiro atoms. The molecule has 1 amide bonds. The highest BCUT2D eigenvalue weighted by Gasteiger charge is 2.15. The summed E-state index contributed by atoms with van der Waals surface area (Å²) in [6.45, 7) is 6.31. The van der Waals surface area contributed by atoms with Crippen LogP contribution in [0.2, 0.25) is 0 Å². The Hall–Kier alpha value is -0.990. The molecule has 0 aliphatic carbocycles. The van der Waals surface area contributed by atoms with Gasteiger partial charge in [-0.1, -0.05) is 0 Å². The van der Waals surface area contributed by atoms with E-state index in [9.17, 15) is 9.59 Å². The Morgan fingerprint density at radius 1 is 1.30 bits per heavy atom. The van der Waals surface area contributed by atoms with Crippen LogP contribution >= 0.6 is 13.5 Å². The summed E-state index contributed by atoms with van der Waals surface area (Å²) in [5.74, 6) is -0.508. The maximum Gasteiger partial charge on any atom is 0.407 e. The number of carbonyl (C=O) groups is 2. The third-order valence-corrected chi connectivity index (χ3v) is 1.94. The van der Waals surface area contributed by atoms with Gasteiger partial charge in [0.05, 0.1) is 13.7 Å². The molecule has 0 aliphatic heterocycles. The highest BCUT2D eigenvalue weighted by atomic mass is 32.1. The number of nitrogens with one attached hydrogen (secondary N) is 1. The molecule has 1 atom stereocenters. The van der Waals surface area contributed by atoms with Crippen molar-refractivity contribution in [2.75, 3.05) is 26.9 Å². The van der Waals surface area contributed by atoms with Crippen LogP contribution in [0.3, 0.4) is 0 Å². The van der Waals surface area contributed by atoms with Crippen LogP contribution in [-0.4, -0.2) is 50.6 Å². The van der Waals surface area contributed by atoms with Crippen LogP contribution in [0.15, 0.2) is 0 Å². The number of nitrogens with two attached hydrogens (primary N) is 1. The molecular formula is C12H26N2O5S. The van der Waals surface area contributed by atoms with E-state index in [4.69, 9.17) is 15.2 Å². The molecule has 0 aromatic heterocycles. The Bertz CT molecular complexity index is 294. The number of methoxy groups -OCH3 is 1. The molecule has 0 aromatic carbocycles. The molecule has 0 fully saturated rings. The van der Waals surface area contributed by atoms with Crippen molar-refractivity contribution >= 4 is 25.6 Å². The van der Waals surface area contributed by atoms with Gasteiger partial charge in [0.15, 0.2) is 0 Å². The second-order valence-electron chi connectivity index (χ2n) is 4.99. The first kappa shape index (κ1) is 21.3. The van der Waals surface area contributed by atoms with Crippen LogP contribution in [0.1, 0.15) is 27.2 Å². The Kier molecular flexibility index (Phi) is 11.5. The van der Waals surface area contributed by atoms with Crippen molar-refractivity contribution in [1.29, 1.82) is 0 Å². The predicted molar refractivity (Wildman–Crippen MR) is 80.0 cm³/mol. The van der Waals surface area contributed by atoms with Gasteiger partial charge < -0.3 is 25.3 Å². The highest BCUT2D eigenvalue weighted by Crippen LogP contribution is 2.06. The van der Waals surface area contributed by atoms with Crippen molar-refractivity contribution < 1.29 is 23.8 Å². The lowest BCUT2D eigenvalue weighted by Crippen LogP contribution is -2.36. The second kappa shape index (κ2) is 10.8. The average molecular weight is 310 g/mol. The fourth-order valence-electron chi connectivity index (χ4n) is 1.11. The van der Waals surface area contributed by atoms with Gasteiger partial charge in [0.1, 0.15) is 11.6 Å². The van der Waals surface area contributed by atoms with Crippen molar-refractivity contribution in [3.8, 4) is 0 Å². The van der Waals surface area contributed by atoms with Gasteiger partial charge in [0.2, 0.25) is 0 Å². The molecule has 0 unspecified atom stereocenters. The molecular weight excluding hydrogens is 284 g/mol. The van der Waals surface area contributed by atoms with E-state index >= 15 is 0 Å². The first-order valence-corrected chi connectivity index (χ1v) is 6.14. The minimum absolute atomic E-state index is 0. The standard InChI is InChI=1S/C12H24N2O5.H2S/c1-12(2,3)19-11(16)14-6-5-7-18-8-9(13)10(15)17-4;/h9H,5-8,13H2,1-4H3,(H,14,16);1H2/t9-;/m0./s1. The second-order valence-corrected chi connectivity index (χ2v) is 4.99. The Balaban J connectivity index is 0. The number of carbonyl (C=O) groups excluding carboxylic acids is 2. The predicted octanol–water partition coefficient (Wildman–Crippen LogP) is 0.531. The smallest absolute Gasteiger partial charge is 0.407 e. The Labute approximate surface area is 126 Å². The molecule has 0 radical (unpaired) electrons. The van der Waals surface area contributed by atoms with Crippen LogP contribution in [0.5, 0.6) is 0 Å². The van der Waals surface area contributed by atoms with E-state index in [1.54, 1.807) is 20.8 Å². The van der Waals surface area contributed by atoms with Gasteiger partial charge in [-0.15, -0.1) is 0 Å². The lowest BCUT2D eigenvalue weighted by Gasteiger charge is -2.19. The first-order valence-electron chi connectivity index (χ1n) is 6.14. The fraction of sp³-hybridized carbons (Fsp3) is 0.833. The third-order valence-electron chi connectivity index (χ3n) is 1.94. The first-order chi connectivity index (χ1) is 8.76. The van der Waals surface area contributed by atoms with Crippen LogP contribution < -0.4 is 11.1 Å². The van der Waals surface area contributed by atoms with E-state index in [1.165, 1.54) is 7.11 Å². The lowest BCUT2D eigenvalue weighted by molar-refractivity contribution is -0.143. The maximum atomic E-state index is 11.3. The number of hydrogen-bond donors (Lipinski definition) is 2.